The van der Waals surface area contributed by atoms with Gasteiger partial charge in [-0.2, -0.15) is 4.98 Å². The number of rotatable bonds is 4. The summed E-state index contributed by atoms with van der Waals surface area (Å²) in [6.07, 6.45) is 1.52. The number of nitrogens with two attached hydrogens (primary N) is 1. The van der Waals surface area contributed by atoms with Crippen molar-refractivity contribution in [3.8, 4) is 11.5 Å². The Hall–Kier alpha value is -0.660. The van der Waals surface area contributed by atoms with Crippen LogP contribution in [0.5, 0.6) is 0 Å². The Balaban J connectivity index is 2.38. The third-order valence-electron chi connectivity index (χ3n) is 3.30. The highest BCUT2D eigenvalue weighted by Gasteiger charge is 2.29. The summed E-state index contributed by atoms with van der Waals surface area (Å²) in [6.45, 7) is 4.03. The predicted octanol–water partition coefficient (Wildman–Crippen LogP) is 3.97. The lowest BCUT2D eigenvalue weighted by Gasteiger charge is -2.21. The minimum atomic E-state index is -0.533. The molecule has 19 heavy (non-hydrogen) atoms. The van der Waals surface area contributed by atoms with Gasteiger partial charge in [0.05, 0.1) is 10.6 Å². The van der Waals surface area contributed by atoms with Gasteiger partial charge in [0, 0.05) is 9.13 Å². The molecule has 0 aliphatic heterocycles. The summed E-state index contributed by atoms with van der Waals surface area (Å²) in [5, 5.41) is 4.67. The van der Waals surface area contributed by atoms with Crippen molar-refractivity contribution in [3.05, 3.63) is 32.6 Å². The zero-order valence-corrected chi connectivity index (χ0v) is 13.7. The quantitative estimate of drug-likeness (QED) is 0.801. The van der Waals surface area contributed by atoms with Crippen LogP contribution in [-0.4, -0.2) is 10.1 Å². The molecule has 1 aromatic heterocycles. The molecule has 1 heterocycles. The minimum absolute atomic E-state index is 0.449. The van der Waals surface area contributed by atoms with E-state index in [0.717, 1.165) is 22.0 Å². The van der Waals surface area contributed by atoms with E-state index in [4.69, 9.17) is 21.9 Å². The molecule has 0 fully saturated rings. The van der Waals surface area contributed by atoms with Crippen LogP contribution >= 0.6 is 34.2 Å². The number of nitrogens with zero attached hydrogens (tertiary/aromatic N) is 2. The van der Waals surface area contributed by atoms with Crippen LogP contribution in [0.2, 0.25) is 5.02 Å². The van der Waals surface area contributed by atoms with Crippen LogP contribution in [0.1, 0.15) is 32.5 Å². The van der Waals surface area contributed by atoms with Crippen molar-refractivity contribution in [3.63, 3.8) is 0 Å². The molecule has 0 atom stereocenters. The van der Waals surface area contributed by atoms with Crippen molar-refractivity contribution in [2.24, 2.45) is 5.73 Å². The average Bonchev–Trinajstić information content (AvgIpc) is 2.91. The molecule has 1 aromatic carbocycles. The van der Waals surface area contributed by atoms with Crippen LogP contribution in [0.15, 0.2) is 22.7 Å². The molecule has 0 bridgehead atoms. The molecule has 0 radical (unpaired) electrons. The van der Waals surface area contributed by atoms with Crippen molar-refractivity contribution < 1.29 is 4.52 Å². The van der Waals surface area contributed by atoms with E-state index < -0.39 is 5.54 Å². The first kappa shape index (κ1) is 14.7. The summed E-state index contributed by atoms with van der Waals surface area (Å²) in [6, 6.07) is 5.63. The predicted molar refractivity (Wildman–Crippen MR) is 83.9 cm³/mol. The second kappa shape index (κ2) is 5.76. The van der Waals surface area contributed by atoms with Gasteiger partial charge in [-0.1, -0.05) is 30.6 Å². The number of hydrogen-bond donors (Lipinski definition) is 1. The molecule has 4 nitrogen and oxygen atoms in total. The molecule has 0 aliphatic rings. The Morgan fingerprint density at radius 3 is 2.63 bits per heavy atom. The molecule has 102 valence electrons. The van der Waals surface area contributed by atoms with E-state index in [1.165, 1.54) is 0 Å². The summed E-state index contributed by atoms with van der Waals surface area (Å²) in [5.74, 6) is 0.993. The second-order valence-corrected chi connectivity index (χ2v) is 5.98. The smallest absolute Gasteiger partial charge is 0.258 e. The molecule has 0 aliphatic carbocycles. The van der Waals surface area contributed by atoms with E-state index in [-0.39, 0.29) is 0 Å². The molecule has 2 aromatic rings. The van der Waals surface area contributed by atoms with E-state index in [1.54, 1.807) is 0 Å². The molecule has 0 spiro atoms. The third-order valence-corrected chi connectivity index (χ3v) is 4.87. The van der Waals surface area contributed by atoms with Crippen LogP contribution in [0.4, 0.5) is 0 Å². The number of hydrogen-bond acceptors (Lipinski definition) is 4. The fourth-order valence-corrected chi connectivity index (χ4v) is 2.25. The van der Waals surface area contributed by atoms with Crippen LogP contribution in [0, 0.1) is 3.57 Å². The number of halogens is 2. The summed E-state index contributed by atoms with van der Waals surface area (Å²) >= 11 is 8.26. The average molecular weight is 392 g/mol. The van der Waals surface area contributed by atoms with Crippen molar-refractivity contribution in [2.75, 3.05) is 0 Å². The molecule has 0 unspecified atom stereocenters. The van der Waals surface area contributed by atoms with Gasteiger partial charge in [-0.3, -0.25) is 0 Å². The van der Waals surface area contributed by atoms with Crippen molar-refractivity contribution in [2.45, 2.75) is 32.2 Å². The van der Waals surface area contributed by atoms with Crippen molar-refractivity contribution in [1.82, 2.24) is 10.1 Å². The third kappa shape index (κ3) is 2.93. The van der Waals surface area contributed by atoms with Crippen LogP contribution in [0.3, 0.4) is 0 Å². The topological polar surface area (TPSA) is 64.9 Å². The van der Waals surface area contributed by atoms with Crippen LogP contribution in [0.25, 0.3) is 11.5 Å². The Morgan fingerprint density at radius 2 is 2.05 bits per heavy atom. The van der Waals surface area contributed by atoms with Gasteiger partial charge in [0.25, 0.3) is 5.89 Å². The van der Waals surface area contributed by atoms with Gasteiger partial charge in [-0.05, 0) is 53.6 Å². The van der Waals surface area contributed by atoms with Gasteiger partial charge in [0.15, 0.2) is 5.82 Å². The van der Waals surface area contributed by atoms with Crippen LogP contribution in [-0.2, 0) is 5.54 Å². The normalized spacial score (nSPS) is 11.8. The van der Waals surface area contributed by atoms with Gasteiger partial charge >= 0.3 is 0 Å². The molecular weight excluding hydrogens is 377 g/mol. The Bertz CT molecular complexity index is 581. The lowest BCUT2D eigenvalue weighted by Crippen LogP contribution is -2.36. The van der Waals surface area contributed by atoms with Gasteiger partial charge in [-0.15, -0.1) is 0 Å². The summed E-state index contributed by atoms with van der Waals surface area (Å²) in [7, 11) is 0. The van der Waals surface area contributed by atoms with Gasteiger partial charge in [-0.25, -0.2) is 0 Å². The fourth-order valence-electron chi connectivity index (χ4n) is 1.74. The highest BCUT2D eigenvalue weighted by molar-refractivity contribution is 14.1. The molecule has 0 saturated carbocycles. The zero-order chi connectivity index (χ0) is 14.0. The lowest BCUT2D eigenvalue weighted by molar-refractivity contribution is 0.350. The SMILES string of the molecule is CCC(N)(CC)c1noc(-c2ccc(I)c(Cl)c2)n1. The minimum Gasteiger partial charge on any atom is -0.334 e. The number of benzene rings is 1. The zero-order valence-electron chi connectivity index (χ0n) is 10.8. The molecule has 0 amide bonds. The summed E-state index contributed by atoms with van der Waals surface area (Å²) in [5.41, 5.74) is 6.52. The van der Waals surface area contributed by atoms with Gasteiger partial charge in [0.2, 0.25) is 0 Å². The number of aromatic nitrogens is 2. The summed E-state index contributed by atoms with van der Waals surface area (Å²) < 4.78 is 6.28. The molecule has 6 heteroatoms. The largest absolute Gasteiger partial charge is 0.334 e. The first-order chi connectivity index (χ1) is 9.00. The second-order valence-electron chi connectivity index (χ2n) is 4.42. The van der Waals surface area contributed by atoms with E-state index in [1.807, 2.05) is 32.0 Å². The Kier molecular flexibility index (Phi) is 4.47. The maximum atomic E-state index is 6.25. The fraction of sp³-hybridized carbons (Fsp3) is 0.385. The lowest BCUT2D eigenvalue weighted by atomic mass is 9.93. The van der Waals surface area contributed by atoms with Crippen LogP contribution < -0.4 is 5.73 Å². The molecule has 2 N–H and O–H groups in total. The molecule has 2 rings (SSSR count). The maximum absolute atomic E-state index is 6.25. The monoisotopic (exact) mass is 391 g/mol. The highest BCUT2D eigenvalue weighted by atomic mass is 127. The first-order valence-electron chi connectivity index (χ1n) is 6.08. The van der Waals surface area contributed by atoms with E-state index in [9.17, 15) is 0 Å². The highest BCUT2D eigenvalue weighted by Crippen LogP contribution is 2.28. The van der Waals surface area contributed by atoms with Crippen molar-refractivity contribution in [1.29, 1.82) is 0 Å². The van der Waals surface area contributed by atoms with Gasteiger partial charge in [0.1, 0.15) is 0 Å². The van der Waals surface area contributed by atoms with E-state index in [2.05, 4.69) is 32.7 Å². The van der Waals surface area contributed by atoms with Gasteiger partial charge < -0.3 is 10.3 Å². The van der Waals surface area contributed by atoms with E-state index in [0.29, 0.717) is 16.7 Å². The van der Waals surface area contributed by atoms with E-state index >= 15 is 0 Å². The molecule has 0 saturated heterocycles. The Labute approximate surface area is 130 Å². The first-order valence-corrected chi connectivity index (χ1v) is 7.54. The Morgan fingerprint density at radius 1 is 1.37 bits per heavy atom. The standard InChI is InChI=1S/C13H15ClIN3O/c1-3-13(16,4-2)12-17-11(19-18-12)8-5-6-10(15)9(14)7-8/h5-7H,3-4,16H2,1-2H3. The maximum Gasteiger partial charge on any atom is 0.258 e. The molecular formula is C13H15ClIN3O. The van der Waals surface area contributed by atoms with Crippen molar-refractivity contribution >= 4 is 34.2 Å². The summed E-state index contributed by atoms with van der Waals surface area (Å²) in [4.78, 5) is 4.40.